The molecule has 2 nitrogen and oxygen atoms in total. The first kappa shape index (κ1) is 46.0. The van der Waals surface area contributed by atoms with E-state index in [9.17, 15) is 0 Å². The predicted octanol–water partition coefficient (Wildman–Crippen LogP) is 17.2. The van der Waals surface area contributed by atoms with E-state index in [4.69, 9.17) is 0 Å². The molecule has 3 atom stereocenters. The topological polar surface area (TPSA) is 6.48 Å². The Hall–Kier alpha value is -5.84. The molecule has 2 aliphatic heterocycles. The Morgan fingerprint density at radius 3 is 1.86 bits per heavy atom. The molecule has 13 rings (SSSR count). The van der Waals surface area contributed by atoms with Crippen molar-refractivity contribution in [3.05, 3.63) is 172 Å². The number of anilines is 6. The van der Waals surface area contributed by atoms with Crippen LogP contribution in [0.3, 0.4) is 0 Å². The molecule has 8 aromatic rings. The van der Waals surface area contributed by atoms with Crippen molar-refractivity contribution in [2.45, 2.75) is 143 Å². The average Bonchev–Trinajstić information content (AvgIpc) is 4.11. The van der Waals surface area contributed by atoms with E-state index in [2.05, 4.69) is 233 Å². The summed E-state index contributed by atoms with van der Waals surface area (Å²) in [7, 11) is 0. The molecule has 0 radical (unpaired) electrons. The number of nitrogens with zero attached hydrogens (tertiary/aromatic N) is 2. The highest BCUT2D eigenvalue weighted by atomic mass is 32.1. The van der Waals surface area contributed by atoms with Gasteiger partial charge in [-0.3, -0.25) is 0 Å². The van der Waals surface area contributed by atoms with Gasteiger partial charge in [-0.15, -0.1) is 11.3 Å². The van der Waals surface area contributed by atoms with E-state index in [0.717, 1.165) is 5.92 Å². The fourth-order valence-corrected chi connectivity index (χ4v) is 15.4. The normalized spacial score (nSPS) is 19.8. The first-order valence-corrected chi connectivity index (χ1v) is 27.9. The standard InChI is InChI=1S/C68H71BN2S/c1-40-29-58-61-59(30-40)71(49-18-16-17-42(34-49)43-32-47(66(8,9)10)35-48(33-43)67(11,12)13)62-53-36-44(64(2,3)4)24-28-60(53)72-63(62)69(61)56-27-23-45(65(5,6)7)37-57(56)70(58)50-25-26-52-51-19-14-15-20-54(51)68(55(52)38-50)39-41-21-22-46(68)31-41/h14-20,23-30,32-38,41,46H,21-22,31,39H2,1-13H3. The first-order valence-electron chi connectivity index (χ1n) is 27.0. The van der Waals surface area contributed by atoms with Crippen LogP contribution in [-0.2, 0) is 27.1 Å². The van der Waals surface area contributed by atoms with Gasteiger partial charge in [0, 0.05) is 48.7 Å². The first-order chi connectivity index (χ1) is 34.1. The molecule has 362 valence electrons. The molecule has 5 aliphatic rings. The summed E-state index contributed by atoms with van der Waals surface area (Å²) in [6.45, 7) is 30.6. The lowest BCUT2D eigenvalue weighted by Crippen LogP contribution is -2.60. The predicted molar refractivity (Wildman–Crippen MR) is 312 cm³/mol. The fourth-order valence-electron chi connectivity index (χ4n) is 14.1. The van der Waals surface area contributed by atoms with Crippen LogP contribution in [0.4, 0.5) is 34.1 Å². The second kappa shape index (κ2) is 15.4. The van der Waals surface area contributed by atoms with Crippen molar-refractivity contribution in [1.29, 1.82) is 0 Å². The van der Waals surface area contributed by atoms with E-state index in [1.165, 1.54) is 136 Å². The minimum Gasteiger partial charge on any atom is -0.311 e. The van der Waals surface area contributed by atoms with Crippen LogP contribution >= 0.6 is 11.3 Å². The van der Waals surface area contributed by atoms with Gasteiger partial charge >= 0.3 is 0 Å². The Morgan fingerprint density at radius 2 is 1.18 bits per heavy atom. The Morgan fingerprint density at radius 1 is 0.528 bits per heavy atom. The maximum atomic E-state index is 2.70. The number of aryl methyl sites for hydroxylation is 1. The summed E-state index contributed by atoms with van der Waals surface area (Å²) in [5.74, 6) is 1.51. The molecule has 0 N–H and O–H groups in total. The minimum absolute atomic E-state index is 0.00205. The summed E-state index contributed by atoms with van der Waals surface area (Å²) in [4.78, 5) is 5.38. The third-order valence-electron chi connectivity index (χ3n) is 17.9. The van der Waals surface area contributed by atoms with Crippen molar-refractivity contribution in [2.24, 2.45) is 11.8 Å². The number of thiophene rings is 1. The van der Waals surface area contributed by atoms with E-state index in [1.54, 1.807) is 11.1 Å². The molecular formula is C68H71BN2S. The molecule has 1 spiro atoms. The van der Waals surface area contributed by atoms with Crippen molar-refractivity contribution < 1.29 is 0 Å². The van der Waals surface area contributed by atoms with Crippen LogP contribution in [0.15, 0.2) is 133 Å². The highest BCUT2D eigenvalue weighted by Crippen LogP contribution is 2.66. The Labute approximate surface area is 434 Å². The van der Waals surface area contributed by atoms with Gasteiger partial charge in [0.05, 0.1) is 5.69 Å². The monoisotopic (exact) mass is 959 g/mol. The summed E-state index contributed by atoms with van der Waals surface area (Å²) in [5, 5.41) is 1.34. The quantitative estimate of drug-likeness (QED) is 0.163. The fraction of sp³-hybridized carbons (Fsp3) is 0.353. The van der Waals surface area contributed by atoms with Crippen molar-refractivity contribution in [1.82, 2.24) is 0 Å². The zero-order valence-electron chi connectivity index (χ0n) is 45.1. The molecule has 0 saturated heterocycles. The molecule has 3 heterocycles. The van der Waals surface area contributed by atoms with E-state index < -0.39 is 0 Å². The summed E-state index contributed by atoms with van der Waals surface area (Å²) >= 11 is 2.01. The van der Waals surface area contributed by atoms with Crippen molar-refractivity contribution >= 4 is 78.0 Å². The smallest absolute Gasteiger partial charge is 0.264 e. The van der Waals surface area contributed by atoms with Gasteiger partial charge < -0.3 is 9.80 Å². The van der Waals surface area contributed by atoms with Gasteiger partial charge in [-0.1, -0.05) is 168 Å². The van der Waals surface area contributed by atoms with Crippen LogP contribution in [0.25, 0.3) is 32.3 Å². The number of hydrogen-bond donors (Lipinski definition) is 0. The van der Waals surface area contributed by atoms with Crippen LogP contribution in [-0.4, -0.2) is 6.71 Å². The van der Waals surface area contributed by atoms with E-state index in [-0.39, 0.29) is 33.8 Å². The Balaban J connectivity index is 1.08. The van der Waals surface area contributed by atoms with E-state index >= 15 is 0 Å². The number of fused-ring (bicyclic) bond motifs is 14. The lowest BCUT2D eigenvalue weighted by molar-refractivity contribution is 0.327. The van der Waals surface area contributed by atoms with Gasteiger partial charge in [-0.25, -0.2) is 0 Å². The average molecular weight is 959 g/mol. The van der Waals surface area contributed by atoms with Crippen LogP contribution in [0.2, 0.25) is 0 Å². The van der Waals surface area contributed by atoms with E-state index in [0.29, 0.717) is 5.92 Å². The van der Waals surface area contributed by atoms with Crippen LogP contribution < -0.4 is 25.5 Å². The molecule has 2 fully saturated rings. The van der Waals surface area contributed by atoms with Gasteiger partial charge in [-0.2, -0.15) is 0 Å². The van der Waals surface area contributed by atoms with Crippen molar-refractivity contribution in [3.63, 3.8) is 0 Å². The maximum absolute atomic E-state index is 2.70. The highest BCUT2D eigenvalue weighted by Gasteiger charge is 2.57. The summed E-state index contributed by atoms with van der Waals surface area (Å²) in [5.41, 5.74) is 25.9. The van der Waals surface area contributed by atoms with Gasteiger partial charge in [0.15, 0.2) is 0 Å². The van der Waals surface area contributed by atoms with Crippen LogP contribution in [0.5, 0.6) is 0 Å². The third-order valence-corrected chi connectivity index (χ3v) is 19.2. The Kier molecular flexibility index (Phi) is 9.81. The SMILES string of the molecule is Cc1cc2c3c(c1)N(c1cccc(-c4cc(C(C)(C)C)cc(C(C)(C)C)c4)c1)c1c(sc4ccc(C(C)(C)C)cc14)B3c1ccc(C(C)(C)C)cc1N2c1ccc2c(c1)C1(CC3CCC1C3)c1ccccc1-2. The van der Waals surface area contributed by atoms with Crippen molar-refractivity contribution in [2.75, 3.05) is 9.80 Å². The molecule has 72 heavy (non-hydrogen) atoms. The summed E-state index contributed by atoms with van der Waals surface area (Å²) in [6, 6.07) is 53.8. The van der Waals surface area contributed by atoms with Gasteiger partial charge in [-0.05, 0) is 186 Å². The lowest BCUT2D eigenvalue weighted by Gasteiger charge is -2.44. The van der Waals surface area contributed by atoms with E-state index in [1.807, 2.05) is 11.3 Å². The summed E-state index contributed by atoms with van der Waals surface area (Å²) < 4.78 is 2.77. The second-order valence-corrected chi connectivity index (χ2v) is 27.9. The van der Waals surface area contributed by atoms with Gasteiger partial charge in [0.25, 0.3) is 6.71 Å². The van der Waals surface area contributed by atoms with Crippen LogP contribution in [0, 0.1) is 18.8 Å². The number of rotatable bonds is 3. The molecule has 3 aliphatic carbocycles. The maximum Gasteiger partial charge on any atom is 0.264 e. The molecule has 0 amide bonds. The number of benzene rings is 7. The minimum atomic E-state index is -0.0218. The number of hydrogen-bond acceptors (Lipinski definition) is 3. The summed E-state index contributed by atoms with van der Waals surface area (Å²) in [6.07, 6.45) is 5.35. The van der Waals surface area contributed by atoms with Crippen LogP contribution in [0.1, 0.15) is 148 Å². The molecular weight excluding hydrogens is 888 g/mol. The van der Waals surface area contributed by atoms with Gasteiger partial charge in [0.1, 0.15) is 0 Å². The van der Waals surface area contributed by atoms with Crippen molar-refractivity contribution in [3.8, 4) is 22.3 Å². The molecule has 2 saturated carbocycles. The van der Waals surface area contributed by atoms with Gasteiger partial charge in [0.2, 0.25) is 0 Å². The second-order valence-electron chi connectivity index (χ2n) is 26.8. The molecule has 3 unspecified atom stereocenters. The zero-order valence-corrected chi connectivity index (χ0v) is 45.9. The largest absolute Gasteiger partial charge is 0.311 e. The molecule has 4 heteroatoms. The third kappa shape index (κ3) is 6.79. The highest BCUT2D eigenvalue weighted by molar-refractivity contribution is 7.33. The Bertz CT molecular complexity index is 3550. The molecule has 7 aromatic carbocycles. The molecule has 1 aromatic heterocycles. The molecule has 2 bridgehead atoms. The zero-order chi connectivity index (χ0) is 50.2. The lowest BCUT2D eigenvalue weighted by atomic mass is 9.36.